The molecule has 0 bridgehead atoms. The number of para-hydroxylation sites is 1. The van der Waals surface area contributed by atoms with E-state index in [4.69, 9.17) is 12.2 Å². The molecule has 100 valence electrons. The zero-order valence-electron chi connectivity index (χ0n) is 9.90. The van der Waals surface area contributed by atoms with Crippen LogP contribution in [0.3, 0.4) is 0 Å². The number of hydrogen-bond acceptors (Lipinski definition) is 2. The van der Waals surface area contributed by atoms with Crippen LogP contribution in [-0.4, -0.2) is 14.9 Å². The first-order valence-electron chi connectivity index (χ1n) is 5.37. The fourth-order valence-corrected chi connectivity index (χ4v) is 1.75. The molecule has 7 heteroatoms. The highest BCUT2D eigenvalue weighted by atomic mass is 32.1. The number of aryl methyl sites for hydroxylation is 1. The molecule has 0 aliphatic heterocycles. The lowest BCUT2D eigenvalue weighted by Gasteiger charge is -2.14. The van der Waals surface area contributed by atoms with Gasteiger partial charge in [0.1, 0.15) is 0 Å². The molecule has 2 rings (SSSR count). The molecule has 0 unspecified atom stereocenters. The van der Waals surface area contributed by atoms with Gasteiger partial charge in [-0.1, -0.05) is 12.1 Å². The van der Waals surface area contributed by atoms with Crippen LogP contribution in [0.15, 0.2) is 36.7 Å². The molecule has 1 aromatic carbocycles. The SMILES string of the molecule is Cc1cnn(C(=S)Nc2ccccc2C(F)(F)F)c1. The Hall–Kier alpha value is -1.89. The Morgan fingerprint density at radius 3 is 2.58 bits per heavy atom. The molecule has 0 fully saturated rings. The summed E-state index contributed by atoms with van der Waals surface area (Å²) in [6.07, 6.45) is -1.23. The molecule has 0 saturated heterocycles. The molecule has 0 atom stereocenters. The number of thiocarbonyl (C=S) groups is 1. The van der Waals surface area contributed by atoms with Crippen LogP contribution < -0.4 is 5.32 Å². The van der Waals surface area contributed by atoms with Gasteiger partial charge in [0.15, 0.2) is 5.11 Å². The van der Waals surface area contributed by atoms with Crippen LogP contribution in [0, 0.1) is 6.92 Å². The molecule has 0 aliphatic rings. The maximum atomic E-state index is 12.8. The first-order chi connectivity index (χ1) is 8.88. The van der Waals surface area contributed by atoms with E-state index in [2.05, 4.69) is 10.4 Å². The summed E-state index contributed by atoms with van der Waals surface area (Å²) in [4.78, 5) is 0. The van der Waals surface area contributed by atoms with Crippen molar-refractivity contribution in [1.29, 1.82) is 0 Å². The summed E-state index contributed by atoms with van der Waals surface area (Å²) in [5, 5.41) is 6.58. The summed E-state index contributed by atoms with van der Waals surface area (Å²) in [6.45, 7) is 1.82. The van der Waals surface area contributed by atoms with E-state index in [1.165, 1.54) is 22.9 Å². The molecule has 19 heavy (non-hydrogen) atoms. The smallest absolute Gasteiger partial charge is 0.330 e. The highest BCUT2D eigenvalue weighted by Gasteiger charge is 2.33. The van der Waals surface area contributed by atoms with Crippen LogP contribution in [0.25, 0.3) is 0 Å². The van der Waals surface area contributed by atoms with Crippen molar-refractivity contribution in [2.45, 2.75) is 13.1 Å². The second-order valence-electron chi connectivity index (χ2n) is 3.94. The predicted molar refractivity (Wildman–Crippen MR) is 70.0 cm³/mol. The van der Waals surface area contributed by atoms with Gasteiger partial charge in [0.2, 0.25) is 0 Å². The fourth-order valence-electron chi connectivity index (χ4n) is 1.54. The third kappa shape index (κ3) is 3.11. The maximum absolute atomic E-state index is 12.8. The average Bonchev–Trinajstić information content (AvgIpc) is 2.75. The van der Waals surface area contributed by atoms with Crippen molar-refractivity contribution in [3.05, 3.63) is 47.8 Å². The van der Waals surface area contributed by atoms with Crippen LogP contribution in [0.2, 0.25) is 0 Å². The first-order valence-corrected chi connectivity index (χ1v) is 5.77. The van der Waals surface area contributed by atoms with Crippen molar-refractivity contribution in [1.82, 2.24) is 9.78 Å². The van der Waals surface area contributed by atoms with Gasteiger partial charge in [0, 0.05) is 6.20 Å². The average molecular weight is 285 g/mol. The molecular weight excluding hydrogens is 275 g/mol. The lowest BCUT2D eigenvalue weighted by molar-refractivity contribution is -0.136. The van der Waals surface area contributed by atoms with Gasteiger partial charge < -0.3 is 5.32 Å². The van der Waals surface area contributed by atoms with Gasteiger partial charge in [-0.3, -0.25) is 0 Å². The Morgan fingerprint density at radius 1 is 1.32 bits per heavy atom. The number of nitrogens with one attached hydrogen (secondary N) is 1. The maximum Gasteiger partial charge on any atom is 0.418 e. The summed E-state index contributed by atoms with van der Waals surface area (Å²) < 4.78 is 39.7. The molecule has 1 heterocycles. The van der Waals surface area contributed by atoms with E-state index in [0.29, 0.717) is 0 Å². The van der Waals surface area contributed by atoms with E-state index in [1.807, 2.05) is 6.92 Å². The predicted octanol–water partition coefficient (Wildman–Crippen LogP) is 3.46. The third-order valence-corrected chi connectivity index (χ3v) is 2.68. The third-order valence-electron chi connectivity index (χ3n) is 2.39. The number of anilines is 1. The minimum Gasteiger partial charge on any atom is -0.330 e. The van der Waals surface area contributed by atoms with E-state index < -0.39 is 11.7 Å². The van der Waals surface area contributed by atoms with Crippen molar-refractivity contribution < 1.29 is 13.2 Å². The topological polar surface area (TPSA) is 29.9 Å². The minimum absolute atomic E-state index is 0.0878. The lowest BCUT2D eigenvalue weighted by Crippen LogP contribution is -2.21. The van der Waals surface area contributed by atoms with Gasteiger partial charge >= 0.3 is 6.18 Å². The molecule has 0 radical (unpaired) electrons. The Bertz CT molecular complexity index is 604. The Kier molecular flexibility index (Phi) is 3.57. The number of nitrogens with zero attached hydrogens (tertiary/aromatic N) is 2. The van der Waals surface area contributed by atoms with Gasteiger partial charge in [-0.05, 0) is 36.8 Å². The van der Waals surface area contributed by atoms with Gasteiger partial charge in [0.25, 0.3) is 0 Å². The van der Waals surface area contributed by atoms with Crippen LogP contribution in [0.5, 0.6) is 0 Å². The number of aromatic nitrogens is 2. The minimum atomic E-state index is -4.43. The Morgan fingerprint density at radius 2 is 2.00 bits per heavy atom. The lowest BCUT2D eigenvalue weighted by atomic mass is 10.2. The summed E-state index contributed by atoms with van der Waals surface area (Å²) in [6, 6.07) is 5.16. The van der Waals surface area contributed by atoms with E-state index in [1.54, 1.807) is 12.4 Å². The monoisotopic (exact) mass is 285 g/mol. The van der Waals surface area contributed by atoms with Crippen LogP contribution in [0.4, 0.5) is 18.9 Å². The number of halogens is 3. The number of benzene rings is 1. The Labute approximate surface area is 113 Å². The largest absolute Gasteiger partial charge is 0.418 e. The van der Waals surface area contributed by atoms with Crippen molar-refractivity contribution >= 4 is 23.0 Å². The summed E-state index contributed by atoms with van der Waals surface area (Å²) in [5.74, 6) is 0. The van der Waals surface area contributed by atoms with E-state index in [9.17, 15) is 13.2 Å². The van der Waals surface area contributed by atoms with Crippen molar-refractivity contribution in [3.8, 4) is 0 Å². The molecule has 3 nitrogen and oxygen atoms in total. The second kappa shape index (κ2) is 5.00. The van der Waals surface area contributed by atoms with E-state index in [0.717, 1.165) is 11.6 Å². The summed E-state index contributed by atoms with van der Waals surface area (Å²) in [5.41, 5.74) is 0.0163. The zero-order chi connectivity index (χ0) is 14.0. The second-order valence-corrected chi connectivity index (χ2v) is 4.32. The molecule has 1 aromatic heterocycles. The summed E-state index contributed by atoms with van der Waals surface area (Å²) in [7, 11) is 0. The highest BCUT2D eigenvalue weighted by molar-refractivity contribution is 7.80. The highest BCUT2D eigenvalue weighted by Crippen LogP contribution is 2.34. The molecule has 1 N–H and O–H groups in total. The van der Waals surface area contributed by atoms with Gasteiger partial charge in [0.05, 0.1) is 17.4 Å². The quantitative estimate of drug-likeness (QED) is 0.814. The van der Waals surface area contributed by atoms with Crippen molar-refractivity contribution in [3.63, 3.8) is 0 Å². The fraction of sp³-hybridized carbons (Fsp3) is 0.167. The molecule has 0 spiro atoms. The molecule has 2 aromatic rings. The van der Waals surface area contributed by atoms with Crippen LogP contribution in [0.1, 0.15) is 11.1 Å². The molecule has 0 aliphatic carbocycles. The van der Waals surface area contributed by atoms with E-state index >= 15 is 0 Å². The molecular formula is C12H10F3N3S. The van der Waals surface area contributed by atoms with Crippen LogP contribution in [-0.2, 0) is 6.18 Å². The van der Waals surface area contributed by atoms with E-state index in [-0.39, 0.29) is 10.8 Å². The van der Waals surface area contributed by atoms with Gasteiger partial charge in [-0.25, -0.2) is 4.68 Å². The molecule has 0 saturated carbocycles. The molecule has 0 amide bonds. The number of alkyl halides is 3. The van der Waals surface area contributed by atoms with Crippen LogP contribution >= 0.6 is 12.2 Å². The van der Waals surface area contributed by atoms with Crippen molar-refractivity contribution in [2.24, 2.45) is 0 Å². The standard InChI is InChI=1S/C12H10F3N3S/c1-8-6-16-18(7-8)11(19)17-10-5-3-2-4-9(10)12(13,14)15/h2-7H,1H3,(H,17,19). The number of rotatable bonds is 1. The Balaban J connectivity index is 2.27. The van der Waals surface area contributed by atoms with Gasteiger partial charge in [-0.15, -0.1) is 0 Å². The normalized spacial score (nSPS) is 11.4. The van der Waals surface area contributed by atoms with Crippen molar-refractivity contribution in [2.75, 3.05) is 5.32 Å². The van der Waals surface area contributed by atoms with Gasteiger partial charge in [-0.2, -0.15) is 18.3 Å². The number of hydrogen-bond donors (Lipinski definition) is 1. The first kappa shape index (κ1) is 13.5. The zero-order valence-corrected chi connectivity index (χ0v) is 10.7. The summed E-state index contributed by atoms with van der Waals surface area (Å²) >= 11 is 5.02.